The molecule has 2 rings (SSSR count). The number of hydrogen-bond acceptors (Lipinski definition) is 3. The third kappa shape index (κ3) is 5.54. The van der Waals surface area contributed by atoms with Crippen molar-refractivity contribution in [3.05, 3.63) is 53.3 Å². The van der Waals surface area contributed by atoms with E-state index in [0.717, 1.165) is 17.7 Å². The summed E-state index contributed by atoms with van der Waals surface area (Å²) in [5.74, 6) is -3.14. The summed E-state index contributed by atoms with van der Waals surface area (Å²) in [6.45, 7) is 5.00. The standard InChI is InChI=1S/C19H21F3N2O3/c1-3-26-15-8-5-12(11-16(15)27-4-2)9-10-23-19(25)24-14-7-6-13(20)17(21)18(14)22/h5-8,11H,3-4,9-10H2,1-2H3,(H2,23,24,25). The maximum atomic E-state index is 13.5. The Kier molecular flexibility index (Phi) is 7.34. The van der Waals surface area contributed by atoms with E-state index in [9.17, 15) is 18.0 Å². The molecule has 0 aliphatic rings. The third-order valence-corrected chi connectivity index (χ3v) is 3.59. The highest BCUT2D eigenvalue weighted by Gasteiger charge is 2.15. The lowest BCUT2D eigenvalue weighted by Gasteiger charge is -2.13. The number of carbonyl (C=O) groups is 1. The predicted octanol–water partition coefficient (Wildman–Crippen LogP) is 4.27. The maximum absolute atomic E-state index is 13.5. The summed E-state index contributed by atoms with van der Waals surface area (Å²) in [4.78, 5) is 11.8. The van der Waals surface area contributed by atoms with E-state index in [2.05, 4.69) is 10.6 Å². The average Bonchev–Trinajstić information content (AvgIpc) is 2.64. The van der Waals surface area contributed by atoms with E-state index in [1.165, 1.54) is 0 Å². The van der Waals surface area contributed by atoms with Crippen LogP contribution in [-0.4, -0.2) is 25.8 Å². The van der Waals surface area contributed by atoms with Crippen LogP contribution in [0, 0.1) is 17.5 Å². The van der Waals surface area contributed by atoms with Gasteiger partial charge in [-0.05, 0) is 50.1 Å². The zero-order valence-corrected chi connectivity index (χ0v) is 15.1. The summed E-state index contributed by atoms with van der Waals surface area (Å²) in [6, 6.07) is 6.43. The third-order valence-electron chi connectivity index (χ3n) is 3.59. The number of anilines is 1. The van der Waals surface area contributed by atoms with Crippen LogP contribution in [0.2, 0.25) is 0 Å². The Hall–Kier alpha value is -2.90. The van der Waals surface area contributed by atoms with Gasteiger partial charge in [0.15, 0.2) is 29.0 Å². The Morgan fingerprint density at radius 2 is 1.67 bits per heavy atom. The summed E-state index contributed by atoms with van der Waals surface area (Å²) >= 11 is 0. The van der Waals surface area contributed by atoms with Crippen molar-refractivity contribution >= 4 is 11.7 Å². The molecule has 0 aliphatic heterocycles. The first-order valence-corrected chi connectivity index (χ1v) is 8.53. The quantitative estimate of drug-likeness (QED) is 0.671. The minimum Gasteiger partial charge on any atom is -0.490 e. The number of amides is 2. The number of halogens is 3. The minimum absolute atomic E-state index is 0.247. The van der Waals surface area contributed by atoms with Crippen LogP contribution in [0.1, 0.15) is 19.4 Å². The molecule has 0 radical (unpaired) electrons. The van der Waals surface area contributed by atoms with Gasteiger partial charge in [0.1, 0.15) is 0 Å². The minimum atomic E-state index is -1.63. The summed E-state index contributed by atoms with van der Waals surface area (Å²) in [6.07, 6.45) is 0.486. The first-order chi connectivity index (χ1) is 13.0. The van der Waals surface area contributed by atoms with Gasteiger partial charge in [0.25, 0.3) is 0 Å². The molecule has 0 aliphatic carbocycles. The highest BCUT2D eigenvalue weighted by molar-refractivity contribution is 5.89. The van der Waals surface area contributed by atoms with Gasteiger partial charge in [-0.15, -0.1) is 0 Å². The Balaban J connectivity index is 1.91. The summed E-state index contributed by atoms with van der Waals surface area (Å²) < 4.78 is 50.6. The molecular formula is C19H21F3N2O3. The van der Waals surface area contributed by atoms with E-state index in [1.807, 2.05) is 26.0 Å². The van der Waals surface area contributed by atoms with E-state index in [4.69, 9.17) is 9.47 Å². The van der Waals surface area contributed by atoms with Crippen molar-refractivity contribution in [2.24, 2.45) is 0 Å². The molecule has 5 nitrogen and oxygen atoms in total. The molecule has 2 aromatic carbocycles. The Morgan fingerprint density at radius 3 is 2.37 bits per heavy atom. The molecule has 2 amide bonds. The molecule has 146 valence electrons. The van der Waals surface area contributed by atoms with Crippen molar-refractivity contribution in [2.75, 3.05) is 25.1 Å². The van der Waals surface area contributed by atoms with Crippen molar-refractivity contribution in [1.82, 2.24) is 5.32 Å². The average molecular weight is 382 g/mol. The van der Waals surface area contributed by atoms with Gasteiger partial charge in [-0.2, -0.15) is 0 Å². The van der Waals surface area contributed by atoms with Crippen LogP contribution >= 0.6 is 0 Å². The lowest BCUT2D eigenvalue weighted by Crippen LogP contribution is -2.30. The van der Waals surface area contributed by atoms with E-state index >= 15 is 0 Å². The number of benzene rings is 2. The molecule has 0 atom stereocenters. The van der Waals surface area contributed by atoms with Gasteiger partial charge in [0.2, 0.25) is 0 Å². The molecule has 0 heterocycles. The van der Waals surface area contributed by atoms with Gasteiger partial charge in [0.05, 0.1) is 18.9 Å². The topological polar surface area (TPSA) is 59.6 Å². The second-order valence-corrected chi connectivity index (χ2v) is 5.50. The highest BCUT2D eigenvalue weighted by atomic mass is 19.2. The molecule has 8 heteroatoms. The SMILES string of the molecule is CCOc1ccc(CCNC(=O)Nc2ccc(F)c(F)c2F)cc1OCC. The number of hydrogen-bond donors (Lipinski definition) is 2. The van der Waals surface area contributed by atoms with Gasteiger partial charge in [-0.25, -0.2) is 18.0 Å². The van der Waals surface area contributed by atoms with Crippen molar-refractivity contribution in [3.8, 4) is 11.5 Å². The lowest BCUT2D eigenvalue weighted by atomic mass is 10.1. The van der Waals surface area contributed by atoms with Crippen molar-refractivity contribution < 1.29 is 27.4 Å². The van der Waals surface area contributed by atoms with Crippen LogP contribution in [0.4, 0.5) is 23.7 Å². The lowest BCUT2D eigenvalue weighted by molar-refractivity contribution is 0.252. The second-order valence-electron chi connectivity index (χ2n) is 5.50. The van der Waals surface area contributed by atoms with E-state index in [1.54, 1.807) is 6.07 Å². The molecule has 0 fully saturated rings. The number of rotatable bonds is 8. The molecule has 0 saturated heterocycles. The van der Waals surface area contributed by atoms with Crippen LogP contribution in [0.15, 0.2) is 30.3 Å². The van der Waals surface area contributed by atoms with Crippen LogP contribution in [0.25, 0.3) is 0 Å². The van der Waals surface area contributed by atoms with Crippen molar-refractivity contribution in [3.63, 3.8) is 0 Å². The first kappa shape index (κ1) is 20.4. The zero-order chi connectivity index (χ0) is 19.8. The fourth-order valence-corrected chi connectivity index (χ4v) is 2.36. The van der Waals surface area contributed by atoms with Gasteiger partial charge in [0, 0.05) is 6.54 Å². The predicted molar refractivity (Wildman–Crippen MR) is 95.8 cm³/mol. The van der Waals surface area contributed by atoms with Crippen LogP contribution in [0.3, 0.4) is 0 Å². The molecule has 0 spiro atoms. The van der Waals surface area contributed by atoms with E-state index < -0.39 is 29.2 Å². The molecular weight excluding hydrogens is 361 g/mol. The van der Waals surface area contributed by atoms with Gasteiger partial charge in [-0.3, -0.25) is 0 Å². The summed E-state index contributed by atoms with van der Waals surface area (Å²) in [5, 5.41) is 4.67. The van der Waals surface area contributed by atoms with Crippen LogP contribution < -0.4 is 20.1 Å². The number of ether oxygens (including phenoxy) is 2. The summed E-state index contributed by atoms with van der Waals surface area (Å²) in [5.41, 5.74) is 0.465. The largest absolute Gasteiger partial charge is 0.490 e. The number of urea groups is 1. The maximum Gasteiger partial charge on any atom is 0.319 e. The monoisotopic (exact) mass is 382 g/mol. The molecule has 0 bridgehead atoms. The van der Waals surface area contributed by atoms with Gasteiger partial charge in [-0.1, -0.05) is 6.07 Å². The fraction of sp³-hybridized carbons (Fsp3) is 0.316. The molecule has 0 unspecified atom stereocenters. The molecule has 0 saturated carbocycles. The Morgan fingerprint density at radius 1 is 0.963 bits per heavy atom. The van der Waals surface area contributed by atoms with Crippen molar-refractivity contribution in [1.29, 1.82) is 0 Å². The number of nitrogens with one attached hydrogen (secondary N) is 2. The summed E-state index contributed by atoms with van der Waals surface area (Å²) in [7, 11) is 0. The van der Waals surface area contributed by atoms with Crippen LogP contribution in [-0.2, 0) is 6.42 Å². The first-order valence-electron chi connectivity index (χ1n) is 8.53. The van der Waals surface area contributed by atoms with Gasteiger partial charge >= 0.3 is 6.03 Å². The van der Waals surface area contributed by atoms with Gasteiger partial charge < -0.3 is 20.1 Å². The normalized spacial score (nSPS) is 10.4. The molecule has 2 N–H and O–H groups in total. The second kappa shape index (κ2) is 9.70. The highest BCUT2D eigenvalue weighted by Crippen LogP contribution is 2.28. The van der Waals surface area contributed by atoms with Crippen LogP contribution in [0.5, 0.6) is 11.5 Å². The molecule has 0 aromatic heterocycles. The molecule has 27 heavy (non-hydrogen) atoms. The Bertz CT molecular complexity index is 800. The van der Waals surface area contributed by atoms with E-state index in [-0.39, 0.29) is 6.54 Å². The molecule has 2 aromatic rings. The fourth-order valence-electron chi connectivity index (χ4n) is 2.36. The Labute approximate surface area is 155 Å². The number of carbonyl (C=O) groups excluding carboxylic acids is 1. The zero-order valence-electron chi connectivity index (χ0n) is 15.1. The smallest absolute Gasteiger partial charge is 0.319 e. The van der Waals surface area contributed by atoms with Crippen molar-refractivity contribution in [2.45, 2.75) is 20.3 Å². The van der Waals surface area contributed by atoms with E-state index in [0.29, 0.717) is 31.1 Å².